The van der Waals surface area contributed by atoms with Crippen molar-refractivity contribution in [1.29, 1.82) is 0 Å². The second-order valence-corrected chi connectivity index (χ2v) is 4.42. The molecular weight excluding hydrogens is 261 g/mol. The minimum atomic E-state index is -0.152. The van der Waals surface area contributed by atoms with Gasteiger partial charge in [-0.2, -0.15) is 0 Å². The Morgan fingerprint density at radius 1 is 1.29 bits per heavy atom. The van der Waals surface area contributed by atoms with Gasteiger partial charge in [0.05, 0.1) is 10.0 Å². The number of halogens is 2. The van der Waals surface area contributed by atoms with E-state index in [1.807, 2.05) is 0 Å². The summed E-state index contributed by atoms with van der Waals surface area (Å²) in [5.41, 5.74) is 0.655. The van der Waals surface area contributed by atoms with Crippen LogP contribution in [0.2, 0.25) is 10.0 Å². The summed E-state index contributed by atoms with van der Waals surface area (Å²) in [6.45, 7) is 1.43. The molecule has 0 heterocycles. The lowest BCUT2D eigenvalue weighted by atomic mass is 10.1. The Morgan fingerprint density at radius 2 is 2.00 bits per heavy atom. The molecule has 2 aromatic carbocycles. The predicted molar refractivity (Wildman–Crippen MR) is 69.9 cm³/mol. The first-order valence-corrected chi connectivity index (χ1v) is 5.63. The van der Waals surface area contributed by atoms with Crippen LogP contribution < -0.4 is 5.32 Å². The maximum absolute atomic E-state index is 10.9. The van der Waals surface area contributed by atoms with Gasteiger partial charge in [0.15, 0.2) is 5.75 Å². The van der Waals surface area contributed by atoms with Crippen LogP contribution in [0.25, 0.3) is 10.8 Å². The van der Waals surface area contributed by atoms with E-state index in [1.165, 1.54) is 6.92 Å². The number of hydrogen-bond donors (Lipinski definition) is 2. The molecule has 2 aromatic rings. The number of aromatic hydroxyl groups is 1. The van der Waals surface area contributed by atoms with Gasteiger partial charge in [0.1, 0.15) is 0 Å². The van der Waals surface area contributed by atoms with Crippen LogP contribution in [0.4, 0.5) is 5.69 Å². The fourth-order valence-electron chi connectivity index (χ4n) is 1.60. The molecule has 1 amide bonds. The van der Waals surface area contributed by atoms with Gasteiger partial charge >= 0.3 is 0 Å². The molecule has 5 heteroatoms. The monoisotopic (exact) mass is 269 g/mol. The number of amides is 1. The Kier molecular flexibility index (Phi) is 3.13. The molecule has 0 aliphatic carbocycles. The molecule has 0 aliphatic heterocycles. The quantitative estimate of drug-likeness (QED) is 0.827. The third-order valence-corrected chi connectivity index (χ3v) is 3.00. The van der Waals surface area contributed by atoms with E-state index in [-0.39, 0.29) is 21.7 Å². The van der Waals surface area contributed by atoms with Gasteiger partial charge in [-0.1, -0.05) is 29.3 Å². The van der Waals surface area contributed by atoms with Crippen LogP contribution in [0.3, 0.4) is 0 Å². The number of fused-ring (bicyclic) bond motifs is 1. The van der Waals surface area contributed by atoms with Crippen molar-refractivity contribution in [3.8, 4) is 5.75 Å². The highest BCUT2D eigenvalue weighted by molar-refractivity contribution is 6.41. The van der Waals surface area contributed by atoms with Crippen LogP contribution in [-0.2, 0) is 4.79 Å². The SMILES string of the molecule is CC(=O)Nc1ccc2c(Cl)c(O)c(Cl)cc2c1. The first kappa shape index (κ1) is 12.0. The summed E-state index contributed by atoms with van der Waals surface area (Å²) in [6, 6.07) is 6.78. The van der Waals surface area contributed by atoms with Gasteiger partial charge < -0.3 is 10.4 Å². The molecule has 0 bridgehead atoms. The van der Waals surface area contributed by atoms with Crippen molar-refractivity contribution in [2.24, 2.45) is 0 Å². The van der Waals surface area contributed by atoms with Crippen LogP contribution >= 0.6 is 23.2 Å². The molecule has 88 valence electrons. The summed E-state index contributed by atoms with van der Waals surface area (Å²) < 4.78 is 0. The second-order valence-electron chi connectivity index (χ2n) is 3.64. The molecule has 0 aromatic heterocycles. The summed E-state index contributed by atoms with van der Waals surface area (Å²) in [6.07, 6.45) is 0. The van der Waals surface area contributed by atoms with Crippen LogP contribution in [0.5, 0.6) is 5.75 Å². The molecule has 0 saturated carbocycles. The summed E-state index contributed by atoms with van der Waals surface area (Å²) in [4.78, 5) is 10.9. The van der Waals surface area contributed by atoms with Crippen molar-refractivity contribution < 1.29 is 9.90 Å². The molecule has 2 rings (SSSR count). The van der Waals surface area contributed by atoms with Crippen LogP contribution in [0, 0.1) is 0 Å². The second kappa shape index (κ2) is 4.43. The molecule has 0 aliphatic rings. The van der Waals surface area contributed by atoms with E-state index in [1.54, 1.807) is 24.3 Å². The number of anilines is 1. The molecule has 0 atom stereocenters. The van der Waals surface area contributed by atoms with Gasteiger partial charge in [0, 0.05) is 18.0 Å². The van der Waals surface area contributed by atoms with Crippen LogP contribution in [-0.4, -0.2) is 11.0 Å². The van der Waals surface area contributed by atoms with Gasteiger partial charge in [-0.15, -0.1) is 0 Å². The van der Waals surface area contributed by atoms with Gasteiger partial charge in [0.2, 0.25) is 5.91 Å². The molecule has 0 saturated heterocycles. The molecule has 0 fully saturated rings. The lowest BCUT2D eigenvalue weighted by Crippen LogP contribution is -2.05. The standard InChI is InChI=1S/C12H9Cl2NO2/c1-6(16)15-8-2-3-9-7(4-8)5-10(13)12(17)11(9)14/h2-5,17H,1H3,(H,15,16). The Hall–Kier alpha value is -1.45. The normalized spacial score (nSPS) is 10.5. The van der Waals surface area contributed by atoms with Gasteiger partial charge in [-0.05, 0) is 23.6 Å². The summed E-state index contributed by atoms with van der Waals surface area (Å²) >= 11 is 11.8. The average Bonchev–Trinajstić information content (AvgIpc) is 2.25. The van der Waals surface area contributed by atoms with E-state index in [0.717, 1.165) is 5.39 Å². The number of hydrogen-bond acceptors (Lipinski definition) is 2. The number of carbonyl (C=O) groups excluding carboxylic acids is 1. The maximum Gasteiger partial charge on any atom is 0.221 e. The smallest absolute Gasteiger partial charge is 0.221 e. The Bertz CT molecular complexity index is 611. The average molecular weight is 270 g/mol. The minimum Gasteiger partial charge on any atom is -0.505 e. The highest BCUT2D eigenvalue weighted by Crippen LogP contribution is 2.38. The van der Waals surface area contributed by atoms with Crippen LogP contribution in [0.1, 0.15) is 6.92 Å². The largest absolute Gasteiger partial charge is 0.505 e. The summed E-state index contributed by atoms with van der Waals surface area (Å²) in [5, 5.41) is 14.1. The van der Waals surface area contributed by atoms with Gasteiger partial charge in [0.25, 0.3) is 0 Å². The molecule has 0 radical (unpaired) electrons. The fourth-order valence-corrected chi connectivity index (χ4v) is 2.13. The van der Waals surface area contributed by atoms with Crippen molar-refractivity contribution in [2.75, 3.05) is 5.32 Å². The minimum absolute atomic E-state index is 0.131. The number of nitrogens with one attached hydrogen (secondary N) is 1. The van der Waals surface area contributed by atoms with Crippen LogP contribution in [0.15, 0.2) is 24.3 Å². The Morgan fingerprint density at radius 3 is 2.65 bits per heavy atom. The molecule has 2 N–H and O–H groups in total. The van der Waals surface area contributed by atoms with Crippen molar-refractivity contribution >= 4 is 45.6 Å². The first-order chi connectivity index (χ1) is 7.99. The molecule has 3 nitrogen and oxygen atoms in total. The van der Waals surface area contributed by atoms with Crippen molar-refractivity contribution in [1.82, 2.24) is 0 Å². The summed E-state index contributed by atoms with van der Waals surface area (Å²) in [5.74, 6) is -0.284. The van der Waals surface area contributed by atoms with Gasteiger partial charge in [-0.25, -0.2) is 0 Å². The number of benzene rings is 2. The zero-order valence-electron chi connectivity index (χ0n) is 8.92. The van der Waals surface area contributed by atoms with Crippen molar-refractivity contribution in [3.63, 3.8) is 0 Å². The van der Waals surface area contributed by atoms with E-state index in [0.29, 0.717) is 11.1 Å². The highest BCUT2D eigenvalue weighted by Gasteiger charge is 2.10. The molecule has 17 heavy (non-hydrogen) atoms. The zero-order chi connectivity index (χ0) is 12.6. The third-order valence-electron chi connectivity index (χ3n) is 2.32. The first-order valence-electron chi connectivity index (χ1n) is 4.87. The lowest BCUT2D eigenvalue weighted by Gasteiger charge is -2.08. The van der Waals surface area contributed by atoms with Crippen molar-refractivity contribution in [2.45, 2.75) is 6.92 Å². The van der Waals surface area contributed by atoms with Gasteiger partial charge in [-0.3, -0.25) is 4.79 Å². The molecular formula is C12H9Cl2NO2. The van der Waals surface area contributed by atoms with E-state index in [9.17, 15) is 9.90 Å². The number of rotatable bonds is 1. The molecule has 0 unspecified atom stereocenters. The van der Waals surface area contributed by atoms with E-state index < -0.39 is 0 Å². The van der Waals surface area contributed by atoms with E-state index in [2.05, 4.69) is 5.32 Å². The molecule has 0 spiro atoms. The number of phenolic OH excluding ortho intramolecular Hbond substituents is 1. The highest BCUT2D eigenvalue weighted by atomic mass is 35.5. The predicted octanol–water partition coefficient (Wildman–Crippen LogP) is 3.81. The number of phenols is 1. The topological polar surface area (TPSA) is 49.3 Å². The Labute approximate surface area is 108 Å². The van der Waals surface area contributed by atoms with E-state index in [4.69, 9.17) is 23.2 Å². The maximum atomic E-state index is 10.9. The number of carbonyl (C=O) groups is 1. The third kappa shape index (κ3) is 2.30. The summed E-state index contributed by atoms with van der Waals surface area (Å²) in [7, 11) is 0. The zero-order valence-corrected chi connectivity index (χ0v) is 10.4. The fraction of sp³-hybridized carbons (Fsp3) is 0.0833. The van der Waals surface area contributed by atoms with E-state index >= 15 is 0 Å². The lowest BCUT2D eigenvalue weighted by molar-refractivity contribution is -0.114. The van der Waals surface area contributed by atoms with Crippen molar-refractivity contribution in [3.05, 3.63) is 34.3 Å². The Balaban J connectivity index is 2.62.